The van der Waals surface area contributed by atoms with Crippen LogP contribution in [0.3, 0.4) is 0 Å². The Hall–Kier alpha value is -8.20. The minimum Gasteiger partial charge on any atom is -0.455 e. The maximum absolute atomic E-state index is 6.52. The molecule has 11 aromatic rings. The van der Waals surface area contributed by atoms with Gasteiger partial charge in [-0.1, -0.05) is 201 Å². The zero-order valence-corrected chi connectivity index (χ0v) is 38.4. The Labute approximate surface area is 403 Å². The lowest BCUT2D eigenvalue weighted by molar-refractivity contribution is 0.327. The number of furan rings is 1. The van der Waals surface area contributed by atoms with Crippen LogP contribution in [-0.2, 0) is 5.41 Å². The summed E-state index contributed by atoms with van der Waals surface area (Å²) in [5, 5.41) is 2.27. The lowest BCUT2D eigenvalue weighted by atomic mass is 9.66. The van der Waals surface area contributed by atoms with E-state index in [0.29, 0.717) is 0 Å². The second kappa shape index (κ2) is 16.0. The first-order chi connectivity index (χ1) is 34.2. The molecule has 3 aliphatic rings. The zero-order chi connectivity index (χ0) is 45.5. The third-order valence-corrected chi connectivity index (χ3v) is 16.0. The summed E-state index contributed by atoms with van der Waals surface area (Å²) in [7, 11) is 0. The van der Waals surface area contributed by atoms with E-state index in [2.05, 4.69) is 235 Å². The maximum atomic E-state index is 6.52. The molecule has 69 heavy (non-hydrogen) atoms. The minimum absolute atomic E-state index is 0.144. The van der Waals surface area contributed by atoms with Crippen LogP contribution >= 0.6 is 0 Å². The highest BCUT2D eigenvalue weighted by Crippen LogP contribution is 2.66. The number of fused-ring (bicyclic) bond motifs is 11. The van der Waals surface area contributed by atoms with Crippen LogP contribution in [-0.4, -0.2) is 0 Å². The topological polar surface area (TPSA) is 16.4 Å². The van der Waals surface area contributed by atoms with Crippen molar-refractivity contribution in [2.45, 2.75) is 31.1 Å². The second-order valence-corrected chi connectivity index (χ2v) is 19.5. The van der Waals surface area contributed by atoms with Crippen molar-refractivity contribution >= 4 is 39.0 Å². The summed E-state index contributed by atoms with van der Waals surface area (Å²) in [5.41, 5.74) is 23.1. The summed E-state index contributed by atoms with van der Waals surface area (Å²) in [6.45, 7) is 0. The molecule has 1 heterocycles. The van der Waals surface area contributed by atoms with Gasteiger partial charge in [-0.05, 0) is 140 Å². The van der Waals surface area contributed by atoms with Crippen LogP contribution in [0.1, 0.15) is 36.8 Å². The summed E-state index contributed by atoms with van der Waals surface area (Å²) in [6.07, 6.45) is 5.38. The van der Waals surface area contributed by atoms with Crippen molar-refractivity contribution in [1.29, 1.82) is 0 Å². The van der Waals surface area contributed by atoms with Gasteiger partial charge in [0.25, 0.3) is 0 Å². The molecule has 3 atom stereocenters. The molecular weight excluding hydrogens is 835 g/mol. The Kier molecular flexibility index (Phi) is 9.24. The Bertz CT molecular complexity index is 3750. The molecule has 0 amide bonds. The number of benzene rings is 10. The van der Waals surface area contributed by atoms with Gasteiger partial charge in [-0.3, -0.25) is 0 Å². The van der Waals surface area contributed by atoms with Gasteiger partial charge in [0.2, 0.25) is 0 Å². The minimum atomic E-state index is 0.144. The molecule has 10 aromatic carbocycles. The maximum Gasteiger partial charge on any atom is 0.143 e. The standard InChI is InChI=1S/C67H49NO/c1-2-15-46(16-3-1)52-17-4-5-18-54(52)55-19-6-7-20-56(55)59-22-9-12-27-64(59)68(51-38-32-47(33-39-51)53-24-14-25-61-60-23-10-13-28-65(60)69-66(53)61)50-36-30-45(31-37-50)48-34-40-58-57-21-8-11-26-62(57)67(63(58)42-48)43-44-29-35-49(67)41-44/h1-28,30-34,36-40,42,44,49H,29,35,41,43H2. The van der Waals surface area contributed by atoms with E-state index in [1.807, 2.05) is 6.07 Å². The van der Waals surface area contributed by atoms with Gasteiger partial charge in [-0.25, -0.2) is 0 Å². The Balaban J connectivity index is 0.899. The van der Waals surface area contributed by atoms with E-state index in [0.717, 1.165) is 67.5 Å². The SMILES string of the molecule is c1ccc(-c2ccccc2-c2ccccc2-c2ccccc2N(c2ccc(-c3ccc4c(c3)C3(CC5CCC3C5)c3ccccc3-4)cc2)c2ccc(-c3cccc4c3oc3ccccc34)cc2)cc1. The number of hydrogen-bond acceptors (Lipinski definition) is 2. The molecule has 0 saturated heterocycles. The third kappa shape index (κ3) is 6.32. The lowest BCUT2D eigenvalue weighted by Gasteiger charge is -2.36. The van der Waals surface area contributed by atoms with Gasteiger partial charge in [-0.15, -0.1) is 0 Å². The van der Waals surface area contributed by atoms with Gasteiger partial charge in [0.05, 0.1) is 5.69 Å². The number of rotatable bonds is 8. The molecule has 2 heteroatoms. The van der Waals surface area contributed by atoms with Crippen molar-refractivity contribution in [2.75, 3.05) is 4.90 Å². The quantitative estimate of drug-likeness (QED) is 0.151. The molecule has 328 valence electrons. The Morgan fingerprint density at radius 2 is 0.928 bits per heavy atom. The van der Waals surface area contributed by atoms with E-state index >= 15 is 0 Å². The summed E-state index contributed by atoms with van der Waals surface area (Å²) in [6, 6.07) is 87.1. The smallest absolute Gasteiger partial charge is 0.143 e. The summed E-state index contributed by atoms with van der Waals surface area (Å²) < 4.78 is 6.52. The molecule has 2 bridgehead atoms. The highest BCUT2D eigenvalue weighted by atomic mass is 16.3. The number of nitrogens with zero attached hydrogens (tertiary/aromatic N) is 1. The second-order valence-electron chi connectivity index (χ2n) is 19.5. The fourth-order valence-corrected chi connectivity index (χ4v) is 13.0. The molecule has 3 unspecified atom stereocenters. The molecule has 2 saturated carbocycles. The van der Waals surface area contributed by atoms with Crippen molar-refractivity contribution < 1.29 is 4.42 Å². The van der Waals surface area contributed by atoms with E-state index < -0.39 is 0 Å². The normalized spacial score (nSPS) is 17.7. The molecule has 3 aliphatic carbocycles. The number of hydrogen-bond donors (Lipinski definition) is 0. The molecule has 0 radical (unpaired) electrons. The molecule has 2 nitrogen and oxygen atoms in total. The molecular formula is C67H49NO. The van der Waals surface area contributed by atoms with Crippen molar-refractivity contribution in [1.82, 2.24) is 0 Å². The summed E-state index contributed by atoms with van der Waals surface area (Å²) in [5.74, 6) is 1.57. The molecule has 1 aromatic heterocycles. The van der Waals surface area contributed by atoms with E-state index in [1.165, 1.54) is 75.8 Å². The molecule has 1 spiro atoms. The molecule has 2 fully saturated rings. The average molecular weight is 884 g/mol. The first-order valence-corrected chi connectivity index (χ1v) is 24.7. The van der Waals surface area contributed by atoms with Crippen molar-refractivity contribution in [3.05, 3.63) is 248 Å². The van der Waals surface area contributed by atoms with Crippen molar-refractivity contribution in [3.8, 4) is 66.8 Å². The molecule has 14 rings (SSSR count). The van der Waals surface area contributed by atoms with Gasteiger partial charge < -0.3 is 9.32 Å². The fourth-order valence-electron chi connectivity index (χ4n) is 13.0. The van der Waals surface area contributed by atoms with Crippen LogP contribution in [0.4, 0.5) is 17.1 Å². The third-order valence-electron chi connectivity index (χ3n) is 16.0. The van der Waals surface area contributed by atoms with Gasteiger partial charge >= 0.3 is 0 Å². The predicted octanol–water partition coefficient (Wildman–Crippen LogP) is 18.5. The van der Waals surface area contributed by atoms with Crippen LogP contribution in [0.25, 0.3) is 88.7 Å². The van der Waals surface area contributed by atoms with E-state index in [1.54, 1.807) is 11.1 Å². The average Bonchev–Trinajstić information content (AvgIpc) is 4.21. The number of anilines is 3. The molecule has 0 N–H and O–H groups in total. The van der Waals surface area contributed by atoms with Gasteiger partial charge in [-0.2, -0.15) is 0 Å². The Morgan fingerprint density at radius 3 is 1.67 bits per heavy atom. The van der Waals surface area contributed by atoms with Crippen molar-refractivity contribution in [2.24, 2.45) is 11.8 Å². The predicted molar refractivity (Wildman–Crippen MR) is 287 cm³/mol. The largest absolute Gasteiger partial charge is 0.455 e. The summed E-state index contributed by atoms with van der Waals surface area (Å²) >= 11 is 0. The van der Waals surface area contributed by atoms with Crippen LogP contribution in [0, 0.1) is 11.8 Å². The first-order valence-electron chi connectivity index (χ1n) is 24.7. The fraction of sp³-hybridized carbons (Fsp3) is 0.104. The zero-order valence-electron chi connectivity index (χ0n) is 38.4. The monoisotopic (exact) mass is 883 g/mol. The lowest BCUT2D eigenvalue weighted by Crippen LogP contribution is -2.31. The number of para-hydroxylation sites is 3. The Morgan fingerprint density at radius 1 is 0.377 bits per heavy atom. The van der Waals surface area contributed by atoms with Gasteiger partial charge in [0.15, 0.2) is 0 Å². The van der Waals surface area contributed by atoms with Crippen LogP contribution < -0.4 is 4.90 Å². The van der Waals surface area contributed by atoms with Crippen molar-refractivity contribution in [3.63, 3.8) is 0 Å². The van der Waals surface area contributed by atoms with Gasteiger partial charge in [0, 0.05) is 38.7 Å². The van der Waals surface area contributed by atoms with E-state index in [9.17, 15) is 0 Å². The van der Waals surface area contributed by atoms with Crippen LogP contribution in [0.2, 0.25) is 0 Å². The highest BCUT2D eigenvalue weighted by Gasteiger charge is 2.56. The van der Waals surface area contributed by atoms with Gasteiger partial charge in [0.1, 0.15) is 11.2 Å². The van der Waals surface area contributed by atoms with E-state index in [4.69, 9.17) is 4.42 Å². The van der Waals surface area contributed by atoms with E-state index in [-0.39, 0.29) is 5.41 Å². The van der Waals surface area contributed by atoms with Crippen LogP contribution in [0.15, 0.2) is 241 Å². The highest BCUT2D eigenvalue weighted by molar-refractivity contribution is 6.09. The van der Waals surface area contributed by atoms with Crippen LogP contribution in [0.5, 0.6) is 0 Å². The first kappa shape index (κ1) is 39.9. The summed E-state index contributed by atoms with van der Waals surface area (Å²) in [4.78, 5) is 2.44. The molecule has 0 aliphatic heterocycles.